The molecule has 0 saturated carbocycles. The molecule has 1 aromatic rings. The van der Waals surface area contributed by atoms with Crippen molar-refractivity contribution in [2.75, 3.05) is 26.9 Å². The van der Waals surface area contributed by atoms with Gasteiger partial charge in [0.2, 0.25) is 0 Å². The van der Waals surface area contributed by atoms with Crippen LogP contribution in [0, 0.1) is 11.7 Å². The normalized spacial score (nSPS) is 11.4. The third-order valence-electron chi connectivity index (χ3n) is 3.68. The van der Waals surface area contributed by atoms with Crippen LogP contribution >= 0.6 is 0 Å². The largest absolute Gasteiger partial charge is 0.490 e. The van der Waals surface area contributed by atoms with Gasteiger partial charge in [-0.05, 0) is 45.5 Å². The minimum absolute atomic E-state index is 0.00231. The molecule has 0 aliphatic carbocycles. The van der Waals surface area contributed by atoms with Crippen LogP contribution in [0.25, 0.3) is 0 Å². The van der Waals surface area contributed by atoms with Gasteiger partial charge in [0, 0.05) is 23.6 Å². The van der Waals surface area contributed by atoms with E-state index in [0.29, 0.717) is 11.8 Å². The molecule has 0 aliphatic rings. The van der Waals surface area contributed by atoms with E-state index < -0.39 is 18.4 Å². The quantitative estimate of drug-likeness (QED) is 0.688. The minimum atomic E-state index is -0.640. The minimum Gasteiger partial charge on any atom is -0.490 e. The summed E-state index contributed by atoms with van der Waals surface area (Å²) in [6.07, 6.45) is 1.72. The van der Waals surface area contributed by atoms with E-state index in [-0.39, 0.29) is 24.5 Å². The van der Waals surface area contributed by atoms with Crippen molar-refractivity contribution in [3.8, 4) is 5.75 Å². The van der Waals surface area contributed by atoms with Crippen LogP contribution < -0.4 is 15.8 Å². The molecular formula is C19H34F2N2O2. The number of ether oxygens (including phenoxy) is 1. The molecular weight excluding hydrogens is 326 g/mol. The third kappa shape index (κ3) is 11.6. The summed E-state index contributed by atoms with van der Waals surface area (Å²) < 4.78 is 30.6. The van der Waals surface area contributed by atoms with Crippen molar-refractivity contribution in [1.29, 1.82) is 0 Å². The smallest absolute Gasteiger partial charge is 0.165 e. The lowest BCUT2D eigenvalue weighted by molar-refractivity contribution is 0.112. The Morgan fingerprint density at radius 3 is 2.28 bits per heavy atom. The Morgan fingerprint density at radius 2 is 1.96 bits per heavy atom. The molecule has 6 heteroatoms. The summed E-state index contributed by atoms with van der Waals surface area (Å²) in [5, 5.41) is 3.19. The van der Waals surface area contributed by atoms with Crippen LogP contribution in [0.1, 0.15) is 51.4 Å². The van der Waals surface area contributed by atoms with E-state index >= 15 is 0 Å². The lowest BCUT2D eigenvalue weighted by Crippen LogP contribution is -2.34. The number of halogens is 2. The van der Waals surface area contributed by atoms with Gasteiger partial charge >= 0.3 is 0 Å². The summed E-state index contributed by atoms with van der Waals surface area (Å²) in [5.74, 6) is -1.08. The van der Waals surface area contributed by atoms with E-state index in [9.17, 15) is 13.6 Å². The first kappa shape index (κ1) is 25.7. The Hall–Kier alpha value is -1.53. The summed E-state index contributed by atoms with van der Waals surface area (Å²) in [7, 11) is 1.99. The molecule has 1 atom stereocenters. The SMILES string of the molecule is CC.CCC(C)(C)NC.NCC(CF)COc1ccc(C=O)cc1F. The maximum Gasteiger partial charge on any atom is 0.165 e. The first-order valence-electron chi connectivity index (χ1n) is 8.66. The van der Waals surface area contributed by atoms with E-state index in [1.54, 1.807) is 0 Å². The molecule has 0 spiro atoms. The van der Waals surface area contributed by atoms with Gasteiger partial charge in [0.25, 0.3) is 0 Å². The summed E-state index contributed by atoms with van der Waals surface area (Å²) in [4.78, 5) is 10.4. The highest BCUT2D eigenvalue weighted by atomic mass is 19.1. The van der Waals surface area contributed by atoms with Crippen LogP contribution in [0.2, 0.25) is 0 Å². The molecule has 0 amide bonds. The predicted octanol–water partition coefficient (Wildman–Crippen LogP) is 3.98. The molecule has 0 radical (unpaired) electrons. The third-order valence-corrected chi connectivity index (χ3v) is 3.68. The van der Waals surface area contributed by atoms with Crippen molar-refractivity contribution in [2.24, 2.45) is 11.7 Å². The Bertz CT molecular complexity index is 459. The van der Waals surface area contributed by atoms with Crippen molar-refractivity contribution in [1.82, 2.24) is 5.32 Å². The second kappa shape index (κ2) is 14.8. The molecule has 25 heavy (non-hydrogen) atoms. The highest BCUT2D eigenvalue weighted by Gasteiger charge is 2.10. The Labute approximate surface area is 151 Å². The molecule has 0 fully saturated rings. The van der Waals surface area contributed by atoms with Crippen LogP contribution in [0.15, 0.2) is 18.2 Å². The van der Waals surface area contributed by atoms with E-state index in [0.717, 1.165) is 6.07 Å². The van der Waals surface area contributed by atoms with Crippen LogP contribution in [0.5, 0.6) is 5.75 Å². The molecule has 1 unspecified atom stereocenters. The Balaban J connectivity index is 0. The van der Waals surface area contributed by atoms with E-state index in [4.69, 9.17) is 10.5 Å². The topological polar surface area (TPSA) is 64.3 Å². The fourth-order valence-electron chi connectivity index (χ4n) is 1.27. The maximum absolute atomic E-state index is 13.3. The highest BCUT2D eigenvalue weighted by Crippen LogP contribution is 2.18. The van der Waals surface area contributed by atoms with E-state index in [2.05, 4.69) is 26.1 Å². The molecule has 0 heterocycles. The first-order chi connectivity index (χ1) is 11.8. The van der Waals surface area contributed by atoms with Gasteiger partial charge in [-0.3, -0.25) is 9.18 Å². The van der Waals surface area contributed by atoms with Gasteiger partial charge in [0.1, 0.15) is 6.29 Å². The first-order valence-corrected chi connectivity index (χ1v) is 8.66. The number of carbonyl (C=O) groups is 1. The number of benzene rings is 1. The molecule has 0 saturated heterocycles. The molecule has 0 bridgehead atoms. The average molecular weight is 360 g/mol. The number of hydrogen-bond acceptors (Lipinski definition) is 4. The van der Waals surface area contributed by atoms with Crippen LogP contribution in [0.4, 0.5) is 8.78 Å². The Kier molecular flexibility index (Phi) is 15.2. The molecule has 4 nitrogen and oxygen atoms in total. The van der Waals surface area contributed by atoms with Crippen LogP contribution in [0.3, 0.4) is 0 Å². The van der Waals surface area contributed by atoms with Gasteiger partial charge in [-0.2, -0.15) is 0 Å². The number of rotatable bonds is 8. The monoisotopic (exact) mass is 360 g/mol. The van der Waals surface area contributed by atoms with Gasteiger partial charge in [-0.25, -0.2) is 4.39 Å². The number of aldehydes is 1. The maximum atomic E-state index is 13.3. The second-order valence-electron chi connectivity index (χ2n) is 5.86. The fraction of sp³-hybridized carbons (Fsp3) is 0.632. The molecule has 0 aliphatic heterocycles. The van der Waals surface area contributed by atoms with Crippen LogP contribution in [-0.2, 0) is 0 Å². The summed E-state index contributed by atoms with van der Waals surface area (Å²) >= 11 is 0. The Morgan fingerprint density at radius 1 is 1.36 bits per heavy atom. The number of carbonyl (C=O) groups excluding carboxylic acids is 1. The molecule has 146 valence electrons. The lowest BCUT2D eigenvalue weighted by Gasteiger charge is -2.20. The standard InChI is InChI=1S/C11H13F2NO2.C6H15N.C2H6/c12-4-9(5-14)7-16-11-2-1-8(6-15)3-10(11)13;1-5-6(2,3)7-4;1-2/h1-3,6,9H,4-5,7,14H2;7H,5H2,1-4H3;1-2H3. The van der Waals surface area contributed by atoms with E-state index in [1.165, 1.54) is 18.6 Å². The highest BCUT2D eigenvalue weighted by molar-refractivity contribution is 5.74. The number of hydrogen-bond donors (Lipinski definition) is 2. The molecule has 0 aromatic heterocycles. The van der Waals surface area contributed by atoms with Gasteiger partial charge in [0.15, 0.2) is 11.6 Å². The number of nitrogens with one attached hydrogen (secondary N) is 1. The van der Waals surface area contributed by atoms with Crippen molar-refractivity contribution in [2.45, 2.75) is 46.6 Å². The fourth-order valence-corrected chi connectivity index (χ4v) is 1.27. The molecule has 1 aromatic carbocycles. The second-order valence-corrected chi connectivity index (χ2v) is 5.86. The van der Waals surface area contributed by atoms with Crippen molar-refractivity contribution in [3.05, 3.63) is 29.6 Å². The van der Waals surface area contributed by atoms with Crippen LogP contribution in [-0.4, -0.2) is 38.7 Å². The lowest BCUT2D eigenvalue weighted by atomic mass is 10.0. The zero-order valence-electron chi connectivity index (χ0n) is 16.4. The van der Waals surface area contributed by atoms with Crippen molar-refractivity contribution in [3.63, 3.8) is 0 Å². The van der Waals surface area contributed by atoms with Crippen molar-refractivity contribution < 1.29 is 18.3 Å². The van der Waals surface area contributed by atoms with Crippen molar-refractivity contribution >= 4 is 6.29 Å². The number of alkyl halides is 1. The summed E-state index contributed by atoms with van der Waals surface area (Å²) in [5.41, 5.74) is 5.83. The van der Waals surface area contributed by atoms with Gasteiger partial charge in [-0.15, -0.1) is 0 Å². The number of nitrogens with two attached hydrogens (primary N) is 1. The zero-order valence-corrected chi connectivity index (χ0v) is 16.4. The van der Waals surface area contributed by atoms with Gasteiger partial charge in [0.05, 0.1) is 13.3 Å². The average Bonchev–Trinajstić information content (AvgIpc) is 2.65. The van der Waals surface area contributed by atoms with E-state index in [1.807, 2.05) is 20.9 Å². The molecule has 1 rings (SSSR count). The predicted molar refractivity (Wildman–Crippen MR) is 101 cm³/mol. The molecule has 3 N–H and O–H groups in total. The summed E-state index contributed by atoms with van der Waals surface area (Å²) in [6.45, 7) is 10.1. The van der Waals surface area contributed by atoms with Gasteiger partial charge < -0.3 is 15.8 Å². The summed E-state index contributed by atoms with van der Waals surface area (Å²) in [6, 6.07) is 3.83. The van der Waals surface area contributed by atoms with Gasteiger partial charge in [-0.1, -0.05) is 20.8 Å². The zero-order chi connectivity index (χ0) is 19.9.